The highest BCUT2D eigenvalue weighted by Crippen LogP contribution is 2.45. The van der Waals surface area contributed by atoms with Gasteiger partial charge in [0, 0.05) is 12.0 Å². The van der Waals surface area contributed by atoms with E-state index < -0.39 is 23.5 Å². The molecule has 2 atom stereocenters. The Morgan fingerprint density at radius 2 is 2.03 bits per heavy atom. The van der Waals surface area contributed by atoms with Crippen LogP contribution in [0.25, 0.3) is 16.0 Å². The molecule has 3 aromatic carbocycles. The summed E-state index contributed by atoms with van der Waals surface area (Å²) in [7, 11) is 0. The van der Waals surface area contributed by atoms with Crippen molar-refractivity contribution in [2.24, 2.45) is 0 Å². The molecule has 9 heteroatoms. The normalized spacial score (nSPS) is 20.1. The van der Waals surface area contributed by atoms with Gasteiger partial charge in [-0.3, -0.25) is 14.5 Å². The van der Waals surface area contributed by atoms with Crippen molar-refractivity contribution in [3.8, 4) is 11.5 Å². The third-order valence-corrected chi connectivity index (χ3v) is 7.66. The fourth-order valence-corrected chi connectivity index (χ4v) is 6.02. The summed E-state index contributed by atoms with van der Waals surface area (Å²) in [6.07, 6.45) is 0.686. The van der Waals surface area contributed by atoms with Crippen molar-refractivity contribution in [2.45, 2.75) is 32.4 Å². The molecule has 4 aromatic rings. The lowest BCUT2D eigenvalue weighted by Crippen LogP contribution is -2.29. The molecule has 6 rings (SSSR count). The average molecular weight is 531 g/mol. The maximum atomic E-state index is 13.9. The van der Waals surface area contributed by atoms with E-state index in [0.717, 1.165) is 22.6 Å². The molecule has 0 bridgehead atoms. The largest absolute Gasteiger partial charge is 0.507 e. The van der Waals surface area contributed by atoms with Crippen LogP contribution in [-0.4, -0.2) is 34.5 Å². The maximum Gasteiger partial charge on any atom is 0.301 e. The molecule has 0 radical (unpaired) electrons. The number of halogens is 1. The molecule has 3 heterocycles. The van der Waals surface area contributed by atoms with Crippen molar-refractivity contribution < 1.29 is 28.6 Å². The number of benzene rings is 3. The zero-order valence-corrected chi connectivity index (χ0v) is 21.4. The van der Waals surface area contributed by atoms with Gasteiger partial charge in [-0.25, -0.2) is 9.37 Å². The zero-order chi connectivity index (χ0) is 26.6. The Balaban J connectivity index is 1.54. The van der Waals surface area contributed by atoms with Crippen LogP contribution < -0.4 is 14.4 Å². The molecule has 1 saturated heterocycles. The third-order valence-electron chi connectivity index (χ3n) is 6.64. The lowest BCUT2D eigenvalue weighted by molar-refractivity contribution is -0.132. The molecule has 1 fully saturated rings. The Hall–Kier alpha value is -4.24. The van der Waals surface area contributed by atoms with E-state index >= 15 is 0 Å². The molecule has 7 nitrogen and oxygen atoms in total. The first-order valence-corrected chi connectivity index (χ1v) is 13.1. The number of aliphatic hydroxyl groups is 1. The highest BCUT2D eigenvalue weighted by molar-refractivity contribution is 7.22. The summed E-state index contributed by atoms with van der Waals surface area (Å²) < 4.78 is 25.9. The van der Waals surface area contributed by atoms with Crippen molar-refractivity contribution in [2.75, 3.05) is 11.5 Å². The smallest absolute Gasteiger partial charge is 0.301 e. The molecule has 2 aliphatic rings. The number of hydrogen-bond donors (Lipinski definition) is 1. The number of carbonyl (C=O) groups excluding carboxylic acids is 2. The Labute approximate surface area is 221 Å². The summed E-state index contributed by atoms with van der Waals surface area (Å²) in [4.78, 5) is 32.8. The number of aliphatic hydroxyl groups excluding tert-OH is 1. The van der Waals surface area contributed by atoms with Crippen molar-refractivity contribution in [3.63, 3.8) is 0 Å². The summed E-state index contributed by atoms with van der Waals surface area (Å²) in [5, 5.41) is 11.7. The van der Waals surface area contributed by atoms with E-state index in [1.165, 1.54) is 23.1 Å². The molecule has 38 heavy (non-hydrogen) atoms. The number of anilines is 1. The molecule has 0 saturated carbocycles. The van der Waals surface area contributed by atoms with Crippen LogP contribution in [0.5, 0.6) is 11.5 Å². The second-order valence-electron chi connectivity index (χ2n) is 9.24. The molecular formula is C29H23FN2O5S. The van der Waals surface area contributed by atoms with E-state index in [1.54, 1.807) is 42.5 Å². The SMILES string of the molecule is CCOc1cccc(C2/C(=C(\O)c3ccc4c(c3)CC(C)O4)C(=O)C(=O)N2c2nc3ccc(F)cc3s2)c1. The van der Waals surface area contributed by atoms with Crippen molar-refractivity contribution >= 4 is 44.1 Å². The number of carbonyl (C=O) groups is 2. The minimum Gasteiger partial charge on any atom is -0.507 e. The number of ketones is 1. The Morgan fingerprint density at radius 3 is 2.84 bits per heavy atom. The number of ether oxygens (including phenoxy) is 2. The molecule has 192 valence electrons. The van der Waals surface area contributed by atoms with Gasteiger partial charge in [0.25, 0.3) is 5.78 Å². The van der Waals surface area contributed by atoms with Crippen LogP contribution >= 0.6 is 11.3 Å². The number of rotatable bonds is 5. The third kappa shape index (κ3) is 3.99. The van der Waals surface area contributed by atoms with Gasteiger partial charge in [0.1, 0.15) is 29.2 Å². The molecule has 0 aliphatic carbocycles. The van der Waals surface area contributed by atoms with Gasteiger partial charge in [0.05, 0.1) is 28.4 Å². The van der Waals surface area contributed by atoms with Gasteiger partial charge >= 0.3 is 5.91 Å². The summed E-state index contributed by atoms with van der Waals surface area (Å²) in [5.74, 6) is -1.07. The van der Waals surface area contributed by atoms with Crippen LogP contribution in [0, 0.1) is 5.82 Å². The van der Waals surface area contributed by atoms with Crippen LogP contribution in [0.15, 0.2) is 66.2 Å². The number of nitrogens with zero attached hydrogens (tertiary/aromatic N) is 2. The Morgan fingerprint density at radius 1 is 1.18 bits per heavy atom. The standard InChI is InChI=1S/C29H23FN2O5S/c1-3-36-20-6-4-5-16(13-20)25-24(26(33)17-7-10-22-18(12-17)11-15(2)37-22)27(34)28(35)32(25)29-31-21-9-8-19(30)14-23(21)38-29/h4-10,12-15,25,33H,3,11H2,1-2H3/b26-24+. The highest BCUT2D eigenvalue weighted by atomic mass is 32.1. The predicted molar refractivity (Wildman–Crippen MR) is 142 cm³/mol. The fraction of sp³-hybridized carbons (Fsp3) is 0.207. The van der Waals surface area contributed by atoms with Crippen LogP contribution in [0.3, 0.4) is 0 Å². The van der Waals surface area contributed by atoms with Gasteiger partial charge in [0.2, 0.25) is 0 Å². The van der Waals surface area contributed by atoms with Crippen LogP contribution in [0.1, 0.15) is 36.6 Å². The summed E-state index contributed by atoms with van der Waals surface area (Å²) in [5.41, 5.74) is 2.35. The zero-order valence-electron chi connectivity index (χ0n) is 20.6. The van der Waals surface area contributed by atoms with Crippen LogP contribution in [-0.2, 0) is 16.0 Å². The second-order valence-corrected chi connectivity index (χ2v) is 10.2. The molecule has 2 unspecified atom stereocenters. The summed E-state index contributed by atoms with van der Waals surface area (Å²) in [6, 6.07) is 15.5. The summed E-state index contributed by atoms with van der Waals surface area (Å²) in [6.45, 7) is 4.25. The topological polar surface area (TPSA) is 89.0 Å². The van der Waals surface area contributed by atoms with E-state index in [4.69, 9.17) is 9.47 Å². The van der Waals surface area contributed by atoms with Gasteiger partial charge in [-0.05, 0) is 73.5 Å². The van der Waals surface area contributed by atoms with E-state index in [2.05, 4.69) is 4.98 Å². The lowest BCUT2D eigenvalue weighted by atomic mass is 9.94. The number of fused-ring (bicyclic) bond motifs is 2. The number of amides is 1. The van der Waals surface area contributed by atoms with E-state index in [1.807, 2.05) is 13.8 Å². The molecule has 2 aliphatic heterocycles. The highest BCUT2D eigenvalue weighted by Gasteiger charge is 2.48. The van der Waals surface area contributed by atoms with Crippen LogP contribution in [0.4, 0.5) is 9.52 Å². The molecule has 1 amide bonds. The predicted octanol–water partition coefficient (Wildman–Crippen LogP) is 5.78. The number of aromatic nitrogens is 1. The van der Waals surface area contributed by atoms with Gasteiger partial charge in [-0.1, -0.05) is 23.5 Å². The van der Waals surface area contributed by atoms with Crippen molar-refractivity contribution in [1.29, 1.82) is 0 Å². The molecular weight excluding hydrogens is 507 g/mol. The van der Waals surface area contributed by atoms with E-state index in [0.29, 0.717) is 40.1 Å². The van der Waals surface area contributed by atoms with E-state index in [-0.39, 0.29) is 22.6 Å². The minimum absolute atomic E-state index is 0.0122. The summed E-state index contributed by atoms with van der Waals surface area (Å²) >= 11 is 1.10. The fourth-order valence-electron chi connectivity index (χ4n) is 5.00. The van der Waals surface area contributed by atoms with Gasteiger partial charge in [-0.15, -0.1) is 0 Å². The molecule has 0 spiro atoms. The lowest BCUT2D eigenvalue weighted by Gasteiger charge is -2.23. The van der Waals surface area contributed by atoms with Gasteiger partial charge < -0.3 is 14.6 Å². The van der Waals surface area contributed by atoms with Gasteiger partial charge in [-0.2, -0.15) is 0 Å². The first-order valence-electron chi connectivity index (χ1n) is 12.2. The van der Waals surface area contributed by atoms with E-state index in [9.17, 15) is 19.1 Å². The molecule has 1 aromatic heterocycles. The first-order chi connectivity index (χ1) is 18.3. The quantitative estimate of drug-likeness (QED) is 0.200. The van der Waals surface area contributed by atoms with Crippen LogP contribution in [0.2, 0.25) is 0 Å². The Kier molecular flexibility index (Phi) is 5.87. The Bertz CT molecular complexity index is 1650. The number of hydrogen-bond acceptors (Lipinski definition) is 7. The molecule has 1 N–H and O–H groups in total. The number of Topliss-reactive ketones (excluding diaryl/α,β-unsaturated/α-hetero) is 1. The maximum absolute atomic E-state index is 13.9. The first kappa shape index (κ1) is 24.1. The number of thiazole rings is 1. The van der Waals surface area contributed by atoms with Crippen molar-refractivity contribution in [3.05, 3.63) is 88.7 Å². The van der Waals surface area contributed by atoms with Crippen molar-refractivity contribution in [1.82, 2.24) is 4.98 Å². The van der Waals surface area contributed by atoms with Gasteiger partial charge in [0.15, 0.2) is 5.13 Å². The monoisotopic (exact) mass is 530 g/mol. The minimum atomic E-state index is -0.968. The second kappa shape index (κ2) is 9.25. The average Bonchev–Trinajstić information content (AvgIpc) is 3.56.